The van der Waals surface area contributed by atoms with Gasteiger partial charge in [0.05, 0.1) is 34.1 Å². The van der Waals surface area contributed by atoms with Crippen molar-refractivity contribution in [1.82, 2.24) is 19.0 Å². The van der Waals surface area contributed by atoms with Crippen LogP contribution in [0.15, 0.2) is 96.0 Å². The van der Waals surface area contributed by atoms with Crippen molar-refractivity contribution in [2.45, 2.75) is 4.90 Å². The van der Waals surface area contributed by atoms with Crippen LogP contribution in [0, 0.1) is 11.3 Å². The lowest BCUT2D eigenvalue weighted by Crippen LogP contribution is -2.50. The van der Waals surface area contributed by atoms with Gasteiger partial charge < -0.3 is 4.90 Å². The summed E-state index contributed by atoms with van der Waals surface area (Å²) in [6.45, 7) is 0.974. The molecule has 0 radical (unpaired) electrons. The Morgan fingerprint density at radius 1 is 0.861 bits per heavy atom. The van der Waals surface area contributed by atoms with Gasteiger partial charge in [0.25, 0.3) is 5.91 Å². The third kappa shape index (κ3) is 4.52. The molecule has 1 fully saturated rings. The minimum atomic E-state index is -3.69. The molecule has 0 N–H and O–H groups in total. The molecule has 180 valence electrons. The molecule has 0 unspecified atom stereocenters. The van der Waals surface area contributed by atoms with E-state index in [1.165, 1.54) is 28.6 Å². The van der Waals surface area contributed by atoms with E-state index in [0.717, 1.165) is 16.9 Å². The van der Waals surface area contributed by atoms with Gasteiger partial charge in [-0.2, -0.15) is 14.7 Å². The Balaban J connectivity index is 1.30. The van der Waals surface area contributed by atoms with Crippen LogP contribution in [-0.2, 0) is 10.0 Å². The van der Waals surface area contributed by atoms with Gasteiger partial charge in [-0.15, -0.1) is 0 Å². The molecule has 3 aromatic carbocycles. The van der Waals surface area contributed by atoms with E-state index in [1.807, 2.05) is 60.7 Å². The van der Waals surface area contributed by atoms with Gasteiger partial charge in [-0.25, -0.2) is 13.1 Å². The molecule has 1 aliphatic heterocycles. The largest absolute Gasteiger partial charge is 0.336 e. The van der Waals surface area contributed by atoms with Crippen LogP contribution in [-0.4, -0.2) is 59.5 Å². The summed E-state index contributed by atoms with van der Waals surface area (Å²) < 4.78 is 29.2. The first kappa shape index (κ1) is 23.5. The fourth-order valence-electron chi connectivity index (χ4n) is 4.27. The zero-order chi connectivity index (χ0) is 25.1. The molecular weight excluding hydrogens is 474 g/mol. The normalized spacial score (nSPS) is 14.4. The first-order valence-corrected chi connectivity index (χ1v) is 12.9. The molecule has 5 rings (SSSR count). The van der Waals surface area contributed by atoms with Crippen molar-refractivity contribution in [3.8, 4) is 23.0 Å². The number of rotatable bonds is 5. The highest BCUT2D eigenvalue weighted by molar-refractivity contribution is 7.89. The summed E-state index contributed by atoms with van der Waals surface area (Å²) >= 11 is 0. The molecule has 0 aliphatic carbocycles. The van der Waals surface area contributed by atoms with Crippen LogP contribution in [0.25, 0.3) is 16.9 Å². The second-order valence-corrected chi connectivity index (χ2v) is 10.3. The quantitative estimate of drug-likeness (QED) is 0.420. The second kappa shape index (κ2) is 9.77. The lowest BCUT2D eigenvalue weighted by molar-refractivity contribution is 0.0698. The zero-order valence-corrected chi connectivity index (χ0v) is 20.2. The highest BCUT2D eigenvalue weighted by Gasteiger charge is 2.30. The number of piperazine rings is 1. The average molecular weight is 498 g/mol. The summed E-state index contributed by atoms with van der Waals surface area (Å²) in [5.74, 6) is -0.152. The summed E-state index contributed by atoms with van der Waals surface area (Å²) in [5.41, 5.74) is 3.63. The van der Waals surface area contributed by atoms with Crippen LogP contribution >= 0.6 is 0 Å². The molecule has 0 saturated carbocycles. The number of nitriles is 1. The maximum Gasteiger partial charge on any atom is 0.254 e. The molecule has 0 spiro atoms. The molecule has 0 bridgehead atoms. The molecule has 1 amide bonds. The van der Waals surface area contributed by atoms with Gasteiger partial charge in [-0.1, -0.05) is 36.4 Å². The molecule has 0 atom stereocenters. The van der Waals surface area contributed by atoms with Crippen LogP contribution in [0.1, 0.15) is 15.9 Å². The Hall–Kier alpha value is -4.26. The third-order valence-electron chi connectivity index (χ3n) is 6.20. The average Bonchev–Trinajstić information content (AvgIpc) is 3.43. The number of benzene rings is 3. The van der Waals surface area contributed by atoms with Gasteiger partial charge >= 0.3 is 0 Å². The number of aromatic nitrogens is 2. The van der Waals surface area contributed by atoms with Gasteiger partial charge in [0.15, 0.2) is 0 Å². The number of hydrogen-bond donors (Lipinski definition) is 0. The number of amides is 1. The van der Waals surface area contributed by atoms with Crippen molar-refractivity contribution in [3.63, 3.8) is 0 Å². The Morgan fingerprint density at radius 3 is 2.28 bits per heavy atom. The van der Waals surface area contributed by atoms with Gasteiger partial charge in [0.1, 0.15) is 0 Å². The van der Waals surface area contributed by atoms with Crippen LogP contribution in [0.2, 0.25) is 0 Å². The lowest BCUT2D eigenvalue weighted by atomic mass is 10.1. The summed E-state index contributed by atoms with van der Waals surface area (Å²) in [5, 5.41) is 13.4. The van der Waals surface area contributed by atoms with Crippen LogP contribution in [0.4, 0.5) is 0 Å². The van der Waals surface area contributed by atoms with Crippen molar-refractivity contribution in [2.24, 2.45) is 0 Å². The molecule has 1 saturated heterocycles. The maximum absolute atomic E-state index is 13.3. The maximum atomic E-state index is 13.3. The zero-order valence-electron chi connectivity index (χ0n) is 19.4. The SMILES string of the molecule is N#Cc1ccc(S(=O)(=O)N2CCN(C(=O)c3cccc(-n4nccc4-c4ccccc4)c3)CC2)cc1. The monoisotopic (exact) mass is 497 g/mol. The van der Waals surface area contributed by atoms with Crippen molar-refractivity contribution < 1.29 is 13.2 Å². The van der Waals surface area contributed by atoms with Gasteiger partial charge in [-0.3, -0.25) is 4.79 Å². The number of sulfonamides is 1. The third-order valence-corrected chi connectivity index (χ3v) is 8.11. The van der Waals surface area contributed by atoms with Crippen molar-refractivity contribution in [2.75, 3.05) is 26.2 Å². The van der Waals surface area contributed by atoms with E-state index in [4.69, 9.17) is 5.26 Å². The van der Waals surface area contributed by atoms with Crippen molar-refractivity contribution in [1.29, 1.82) is 5.26 Å². The second-order valence-electron chi connectivity index (χ2n) is 8.38. The minimum absolute atomic E-state index is 0.141. The van der Waals surface area contributed by atoms with E-state index < -0.39 is 10.0 Å². The van der Waals surface area contributed by atoms with Crippen molar-refractivity contribution in [3.05, 3.63) is 102 Å². The molecule has 2 heterocycles. The first-order chi connectivity index (χ1) is 17.5. The number of carbonyl (C=O) groups excluding carboxylic acids is 1. The van der Waals surface area contributed by atoms with E-state index in [1.54, 1.807) is 21.8 Å². The summed E-state index contributed by atoms with van der Waals surface area (Å²) in [6, 6.07) is 27.0. The van der Waals surface area contributed by atoms with Gasteiger partial charge in [0, 0.05) is 37.3 Å². The fourth-order valence-corrected chi connectivity index (χ4v) is 5.69. The predicted molar refractivity (Wildman–Crippen MR) is 135 cm³/mol. The Bertz CT molecular complexity index is 1530. The van der Waals surface area contributed by atoms with E-state index >= 15 is 0 Å². The standard InChI is InChI=1S/C27H23N5O3S/c28-20-21-9-11-25(12-10-21)36(34,35)31-17-15-30(16-18-31)27(33)23-7-4-8-24(19-23)32-26(13-14-29-32)22-5-2-1-3-6-22/h1-14,19H,15-18H2. The molecule has 4 aromatic rings. The van der Waals surface area contributed by atoms with Crippen LogP contribution in [0.3, 0.4) is 0 Å². The van der Waals surface area contributed by atoms with Crippen molar-refractivity contribution >= 4 is 15.9 Å². The summed E-state index contributed by atoms with van der Waals surface area (Å²) in [6.07, 6.45) is 1.73. The molecule has 36 heavy (non-hydrogen) atoms. The lowest BCUT2D eigenvalue weighted by Gasteiger charge is -2.34. The number of nitrogens with zero attached hydrogens (tertiary/aromatic N) is 5. The Labute approximate surface area is 209 Å². The number of carbonyl (C=O) groups is 1. The fraction of sp³-hybridized carbons (Fsp3) is 0.148. The highest BCUT2D eigenvalue weighted by atomic mass is 32.2. The smallest absolute Gasteiger partial charge is 0.254 e. The van der Waals surface area contributed by atoms with E-state index in [0.29, 0.717) is 11.1 Å². The highest BCUT2D eigenvalue weighted by Crippen LogP contribution is 2.24. The molecule has 8 nitrogen and oxygen atoms in total. The van der Waals surface area contributed by atoms with Gasteiger partial charge in [-0.05, 0) is 48.5 Å². The first-order valence-electron chi connectivity index (χ1n) is 11.5. The summed E-state index contributed by atoms with van der Waals surface area (Å²) in [7, 11) is -3.69. The van der Waals surface area contributed by atoms with E-state index in [2.05, 4.69) is 5.10 Å². The van der Waals surface area contributed by atoms with E-state index in [-0.39, 0.29) is 37.0 Å². The molecular formula is C27H23N5O3S. The topological polar surface area (TPSA) is 99.3 Å². The van der Waals surface area contributed by atoms with Gasteiger partial charge in [0.2, 0.25) is 10.0 Å². The molecule has 1 aliphatic rings. The molecule has 1 aromatic heterocycles. The molecule has 9 heteroatoms. The Kier molecular flexibility index (Phi) is 6.38. The minimum Gasteiger partial charge on any atom is -0.336 e. The predicted octanol–water partition coefficient (Wildman–Crippen LogP) is 3.56. The Morgan fingerprint density at radius 2 is 1.58 bits per heavy atom. The number of hydrogen-bond acceptors (Lipinski definition) is 5. The van der Waals surface area contributed by atoms with Crippen LogP contribution < -0.4 is 0 Å². The van der Waals surface area contributed by atoms with E-state index in [9.17, 15) is 13.2 Å². The van der Waals surface area contributed by atoms with Crippen LogP contribution in [0.5, 0.6) is 0 Å². The summed E-state index contributed by atoms with van der Waals surface area (Å²) in [4.78, 5) is 15.1.